The van der Waals surface area contributed by atoms with E-state index in [0.29, 0.717) is 53.7 Å². The first-order chi connectivity index (χ1) is 18.2. The Labute approximate surface area is 224 Å². The van der Waals surface area contributed by atoms with Crippen molar-refractivity contribution >= 4 is 11.6 Å². The lowest BCUT2D eigenvalue weighted by atomic mass is 9.78. The molecule has 0 atom stereocenters. The molecule has 0 amide bonds. The number of hydrogen-bond donors (Lipinski definition) is 0. The Bertz CT molecular complexity index is 1250. The van der Waals surface area contributed by atoms with Crippen molar-refractivity contribution < 1.29 is 31.8 Å². The first kappa shape index (κ1) is 27.0. The van der Waals surface area contributed by atoms with Gasteiger partial charge in [-0.05, 0) is 73.1 Å². The number of benzene rings is 3. The van der Waals surface area contributed by atoms with Gasteiger partial charge in [0.2, 0.25) is 0 Å². The summed E-state index contributed by atoms with van der Waals surface area (Å²) in [6.07, 6.45) is -2.94. The molecule has 1 aliphatic carbocycles. The van der Waals surface area contributed by atoms with Crippen LogP contribution in [0.5, 0.6) is 5.75 Å². The van der Waals surface area contributed by atoms with Crippen molar-refractivity contribution in [2.24, 2.45) is 11.8 Å². The maximum atomic E-state index is 15.0. The fourth-order valence-corrected chi connectivity index (χ4v) is 5.34. The van der Waals surface area contributed by atoms with E-state index in [4.69, 9.17) is 25.8 Å². The first-order valence-electron chi connectivity index (χ1n) is 12.8. The van der Waals surface area contributed by atoms with Gasteiger partial charge in [-0.2, -0.15) is 8.78 Å². The highest BCUT2D eigenvalue weighted by Crippen LogP contribution is 2.44. The van der Waals surface area contributed by atoms with Crippen molar-refractivity contribution in [2.45, 2.75) is 50.9 Å². The smallest absolute Gasteiger partial charge is 0.400 e. The van der Waals surface area contributed by atoms with Gasteiger partial charge < -0.3 is 14.2 Å². The molecule has 5 rings (SSSR count). The SMILES string of the molecule is CC1COC(c2ccc(C3CCC(C(F)(F)Oc4ccc(-c5ccc(Cl)cc5)c(F)c4)CC3)c(F)c2)OC1. The molecule has 1 saturated heterocycles. The van der Waals surface area contributed by atoms with Crippen LogP contribution in [0.25, 0.3) is 11.1 Å². The number of alkyl halides is 2. The molecular formula is C30H29ClF4O3. The van der Waals surface area contributed by atoms with Crippen LogP contribution in [0.1, 0.15) is 55.9 Å². The van der Waals surface area contributed by atoms with Gasteiger partial charge in [0.1, 0.15) is 17.4 Å². The van der Waals surface area contributed by atoms with E-state index >= 15 is 8.78 Å². The average molecular weight is 549 g/mol. The molecule has 1 saturated carbocycles. The molecule has 0 unspecified atom stereocenters. The quantitative estimate of drug-likeness (QED) is 0.288. The van der Waals surface area contributed by atoms with E-state index in [1.165, 1.54) is 18.2 Å². The van der Waals surface area contributed by atoms with Crippen LogP contribution in [0.15, 0.2) is 60.7 Å². The lowest BCUT2D eigenvalue weighted by Gasteiger charge is -2.34. The fourth-order valence-electron chi connectivity index (χ4n) is 5.22. The Hall–Kier alpha value is -2.61. The molecule has 1 heterocycles. The molecule has 38 heavy (non-hydrogen) atoms. The molecule has 3 nitrogen and oxygen atoms in total. The predicted octanol–water partition coefficient (Wildman–Crippen LogP) is 8.91. The second-order valence-electron chi connectivity index (χ2n) is 10.2. The van der Waals surface area contributed by atoms with Crippen LogP contribution in [-0.4, -0.2) is 19.3 Å². The van der Waals surface area contributed by atoms with Crippen molar-refractivity contribution in [2.75, 3.05) is 13.2 Å². The van der Waals surface area contributed by atoms with E-state index in [1.807, 2.05) is 6.92 Å². The third-order valence-corrected chi connectivity index (χ3v) is 7.60. The second kappa shape index (κ2) is 11.2. The molecule has 202 valence electrons. The van der Waals surface area contributed by atoms with Crippen LogP contribution >= 0.6 is 11.6 Å². The van der Waals surface area contributed by atoms with Crippen LogP contribution in [0.2, 0.25) is 5.02 Å². The van der Waals surface area contributed by atoms with E-state index in [-0.39, 0.29) is 35.9 Å². The molecule has 3 aromatic carbocycles. The van der Waals surface area contributed by atoms with Gasteiger partial charge >= 0.3 is 6.11 Å². The van der Waals surface area contributed by atoms with Crippen molar-refractivity contribution in [1.29, 1.82) is 0 Å². The summed E-state index contributed by atoms with van der Waals surface area (Å²) in [4.78, 5) is 0. The zero-order chi connectivity index (χ0) is 26.9. The Balaban J connectivity index is 1.20. The van der Waals surface area contributed by atoms with E-state index in [1.54, 1.807) is 36.4 Å². The van der Waals surface area contributed by atoms with Crippen LogP contribution in [-0.2, 0) is 9.47 Å². The first-order valence-corrected chi connectivity index (χ1v) is 13.2. The summed E-state index contributed by atoms with van der Waals surface area (Å²) >= 11 is 5.88. The Kier molecular flexibility index (Phi) is 7.98. The molecule has 3 aromatic rings. The molecule has 2 fully saturated rings. The van der Waals surface area contributed by atoms with Gasteiger partial charge in [-0.15, -0.1) is 0 Å². The topological polar surface area (TPSA) is 27.7 Å². The molecule has 1 aliphatic heterocycles. The third-order valence-electron chi connectivity index (χ3n) is 7.35. The highest BCUT2D eigenvalue weighted by Gasteiger charge is 2.44. The Morgan fingerprint density at radius 3 is 2.16 bits per heavy atom. The molecule has 2 aliphatic rings. The number of hydrogen-bond acceptors (Lipinski definition) is 3. The van der Waals surface area contributed by atoms with Crippen LogP contribution in [0, 0.1) is 23.5 Å². The maximum Gasteiger partial charge on any atom is 0.400 e. The van der Waals surface area contributed by atoms with Crippen LogP contribution in [0.4, 0.5) is 17.6 Å². The van der Waals surface area contributed by atoms with Crippen LogP contribution < -0.4 is 4.74 Å². The minimum atomic E-state index is -3.48. The Morgan fingerprint density at radius 2 is 1.53 bits per heavy atom. The third kappa shape index (κ3) is 6.00. The van der Waals surface area contributed by atoms with Crippen molar-refractivity contribution in [1.82, 2.24) is 0 Å². The fraction of sp³-hybridized carbons (Fsp3) is 0.400. The van der Waals surface area contributed by atoms with Gasteiger partial charge in [-0.1, -0.05) is 42.8 Å². The number of halogens is 5. The van der Waals surface area contributed by atoms with Crippen molar-refractivity contribution in [3.8, 4) is 16.9 Å². The summed E-state index contributed by atoms with van der Waals surface area (Å²) < 4.78 is 76.0. The molecule has 8 heteroatoms. The summed E-state index contributed by atoms with van der Waals surface area (Å²) in [7, 11) is 0. The minimum Gasteiger partial charge on any atom is -0.432 e. The summed E-state index contributed by atoms with van der Waals surface area (Å²) in [5.41, 5.74) is 1.97. The van der Waals surface area contributed by atoms with Gasteiger partial charge in [0.25, 0.3) is 0 Å². The molecule has 0 radical (unpaired) electrons. The lowest BCUT2D eigenvalue weighted by Crippen LogP contribution is -2.37. The number of ether oxygens (including phenoxy) is 3. The Morgan fingerprint density at radius 1 is 0.842 bits per heavy atom. The highest BCUT2D eigenvalue weighted by molar-refractivity contribution is 6.30. The van der Waals surface area contributed by atoms with Gasteiger partial charge in [-0.3, -0.25) is 0 Å². The van der Waals surface area contributed by atoms with Crippen LogP contribution in [0.3, 0.4) is 0 Å². The average Bonchev–Trinajstić information content (AvgIpc) is 2.90. The molecule has 0 N–H and O–H groups in total. The molecular weight excluding hydrogens is 520 g/mol. The second-order valence-corrected chi connectivity index (χ2v) is 10.7. The summed E-state index contributed by atoms with van der Waals surface area (Å²) in [5, 5.41) is 0.515. The van der Waals surface area contributed by atoms with Gasteiger partial charge in [0, 0.05) is 28.1 Å². The molecule has 0 bridgehead atoms. The zero-order valence-electron chi connectivity index (χ0n) is 20.9. The maximum absolute atomic E-state index is 15.0. The molecule has 0 aromatic heterocycles. The lowest BCUT2D eigenvalue weighted by molar-refractivity contribution is -0.222. The molecule has 0 spiro atoms. The summed E-state index contributed by atoms with van der Waals surface area (Å²) in [6.45, 7) is 3.11. The van der Waals surface area contributed by atoms with E-state index in [9.17, 15) is 8.78 Å². The zero-order valence-corrected chi connectivity index (χ0v) is 21.7. The standard InChI is InChI=1S/C30H29ClF4O3/c1-18-16-36-29(37-17-18)21-6-12-25(27(32)14-21)19-2-7-22(8-3-19)30(34,35)38-24-11-13-26(28(33)15-24)20-4-9-23(31)10-5-20/h4-6,9-15,18-19,22,29H,2-3,7-8,16-17H2,1H3. The predicted molar refractivity (Wildman–Crippen MR) is 137 cm³/mol. The summed E-state index contributed by atoms with van der Waals surface area (Å²) in [5.74, 6) is -2.21. The normalized spacial score (nSPS) is 24.3. The van der Waals surface area contributed by atoms with Crippen molar-refractivity contribution in [3.05, 3.63) is 88.4 Å². The van der Waals surface area contributed by atoms with E-state index in [0.717, 1.165) is 6.07 Å². The largest absolute Gasteiger partial charge is 0.432 e. The minimum absolute atomic E-state index is 0.164. The van der Waals surface area contributed by atoms with Gasteiger partial charge in [-0.25, -0.2) is 8.78 Å². The van der Waals surface area contributed by atoms with Gasteiger partial charge in [0.05, 0.1) is 19.1 Å². The van der Waals surface area contributed by atoms with Crippen molar-refractivity contribution in [3.63, 3.8) is 0 Å². The van der Waals surface area contributed by atoms with E-state index < -0.39 is 24.1 Å². The monoisotopic (exact) mass is 548 g/mol. The highest BCUT2D eigenvalue weighted by atomic mass is 35.5. The summed E-state index contributed by atoms with van der Waals surface area (Å²) in [6, 6.07) is 15.2. The van der Waals surface area contributed by atoms with E-state index in [2.05, 4.69) is 0 Å². The number of rotatable bonds is 6. The van der Waals surface area contributed by atoms with Gasteiger partial charge in [0.15, 0.2) is 6.29 Å².